The Morgan fingerprint density at radius 2 is 1.86 bits per heavy atom. The van der Waals surface area contributed by atoms with Crippen LogP contribution in [-0.2, 0) is 11.2 Å². The minimum absolute atomic E-state index is 0.351. The van der Waals surface area contributed by atoms with Crippen LogP contribution in [0, 0.1) is 11.3 Å². The summed E-state index contributed by atoms with van der Waals surface area (Å²) in [6.07, 6.45) is 6.63. The molecule has 116 valence electrons. The van der Waals surface area contributed by atoms with Crippen molar-refractivity contribution in [2.24, 2.45) is 11.3 Å². The van der Waals surface area contributed by atoms with Crippen molar-refractivity contribution < 1.29 is 9.90 Å². The molecule has 1 saturated carbocycles. The molecular formula is C17H25NO2S. The Balaban J connectivity index is 1.70. The molecule has 0 saturated heterocycles. The van der Waals surface area contributed by atoms with Gasteiger partial charge in [0.05, 0.1) is 10.7 Å². The largest absolute Gasteiger partial charge is 0.481 e. The molecule has 4 heteroatoms. The van der Waals surface area contributed by atoms with Crippen molar-refractivity contribution in [1.82, 2.24) is 4.98 Å². The third-order valence-electron chi connectivity index (χ3n) is 5.33. The van der Waals surface area contributed by atoms with Crippen molar-refractivity contribution in [3.63, 3.8) is 0 Å². The number of thiazole rings is 1. The van der Waals surface area contributed by atoms with E-state index in [0.29, 0.717) is 11.3 Å². The Morgan fingerprint density at radius 1 is 1.19 bits per heavy atom. The molecule has 0 aliphatic heterocycles. The van der Waals surface area contributed by atoms with E-state index in [0.717, 1.165) is 24.5 Å². The van der Waals surface area contributed by atoms with E-state index < -0.39 is 5.97 Å². The molecule has 21 heavy (non-hydrogen) atoms. The van der Waals surface area contributed by atoms with Crippen molar-refractivity contribution >= 4 is 17.3 Å². The van der Waals surface area contributed by atoms with Gasteiger partial charge in [0.15, 0.2) is 0 Å². The highest BCUT2D eigenvalue weighted by Crippen LogP contribution is 2.46. The normalized spacial score (nSPS) is 29.4. The molecule has 0 radical (unpaired) electrons. The minimum Gasteiger partial charge on any atom is -0.481 e. The molecular weight excluding hydrogens is 282 g/mol. The topological polar surface area (TPSA) is 50.2 Å². The zero-order valence-corrected chi connectivity index (χ0v) is 14.0. The van der Waals surface area contributed by atoms with Gasteiger partial charge in [0.1, 0.15) is 5.92 Å². The molecule has 3 nitrogen and oxygen atoms in total. The van der Waals surface area contributed by atoms with Gasteiger partial charge in [0.25, 0.3) is 0 Å². The molecule has 0 bridgehead atoms. The monoisotopic (exact) mass is 307 g/mol. The lowest BCUT2D eigenvalue weighted by Gasteiger charge is -2.36. The third-order valence-corrected chi connectivity index (χ3v) is 6.63. The predicted molar refractivity (Wildman–Crippen MR) is 85.0 cm³/mol. The standard InChI is InChI=1S/C17H25NO2S/c1-17(2,3)11-6-4-10(5-7-11)15-18-14-12(16(19)20)8-9-13(14)21-15/h10-12H,4-9H2,1-3H3,(H,19,20). The first kappa shape index (κ1) is 15.0. The molecule has 0 aromatic carbocycles. The molecule has 0 spiro atoms. The fourth-order valence-corrected chi connectivity index (χ4v) is 5.18. The second-order valence-corrected chi connectivity index (χ2v) is 8.82. The quantitative estimate of drug-likeness (QED) is 0.870. The lowest BCUT2D eigenvalue weighted by atomic mass is 9.70. The SMILES string of the molecule is CC(C)(C)C1CCC(c2nc3c(s2)CCC3C(=O)O)CC1. The van der Waals surface area contributed by atoms with Crippen LogP contribution in [0.1, 0.15) is 80.3 Å². The number of aliphatic carboxylic acids is 1. The molecule has 1 aromatic heterocycles. The molecule has 1 N–H and O–H groups in total. The highest BCUT2D eigenvalue weighted by molar-refractivity contribution is 7.11. The van der Waals surface area contributed by atoms with E-state index in [1.807, 2.05) is 0 Å². The summed E-state index contributed by atoms with van der Waals surface area (Å²) < 4.78 is 0. The number of aromatic nitrogens is 1. The maximum absolute atomic E-state index is 11.3. The third kappa shape index (κ3) is 2.87. The lowest BCUT2D eigenvalue weighted by Crippen LogP contribution is -2.25. The number of aryl methyl sites for hydroxylation is 1. The Labute approximate surface area is 130 Å². The van der Waals surface area contributed by atoms with Gasteiger partial charge < -0.3 is 5.11 Å². The van der Waals surface area contributed by atoms with Crippen LogP contribution in [-0.4, -0.2) is 16.1 Å². The predicted octanol–water partition coefficient (Wildman–Crippen LogP) is 4.58. The molecule has 1 unspecified atom stereocenters. The maximum Gasteiger partial charge on any atom is 0.312 e. The zero-order valence-electron chi connectivity index (χ0n) is 13.2. The first-order valence-electron chi connectivity index (χ1n) is 8.08. The minimum atomic E-state index is -0.706. The summed E-state index contributed by atoms with van der Waals surface area (Å²) in [7, 11) is 0. The molecule has 1 fully saturated rings. The second-order valence-electron chi connectivity index (χ2n) is 7.70. The van der Waals surface area contributed by atoms with E-state index in [2.05, 4.69) is 20.8 Å². The van der Waals surface area contributed by atoms with Gasteiger partial charge in [0.2, 0.25) is 0 Å². The van der Waals surface area contributed by atoms with Crippen LogP contribution in [0.2, 0.25) is 0 Å². The van der Waals surface area contributed by atoms with Gasteiger partial charge in [-0.3, -0.25) is 4.79 Å². The van der Waals surface area contributed by atoms with E-state index in [1.54, 1.807) is 11.3 Å². The van der Waals surface area contributed by atoms with Crippen LogP contribution in [0.25, 0.3) is 0 Å². The van der Waals surface area contributed by atoms with Gasteiger partial charge in [0, 0.05) is 10.8 Å². The molecule has 3 rings (SSSR count). The van der Waals surface area contributed by atoms with Gasteiger partial charge in [-0.25, -0.2) is 4.98 Å². The number of nitrogens with zero attached hydrogens (tertiary/aromatic N) is 1. The van der Waals surface area contributed by atoms with E-state index in [9.17, 15) is 9.90 Å². The maximum atomic E-state index is 11.3. The summed E-state index contributed by atoms with van der Waals surface area (Å²) in [5.74, 6) is 0.318. The number of fused-ring (bicyclic) bond motifs is 1. The summed E-state index contributed by atoms with van der Waals surface area (Å²) in [5, 5.41) is 10.5. The van der Waals surface area contributed by atoms with Crippen molar-refractivity contribution in [2.45, 2.75) is 71.1 Å². The smallest absolute Gasteiger partial charge is 0.312 e. The number of carboxylic acids is 1. The highest BCUT2D eigenvalue weighted by atomic mass is 32.1. The molecule has 1 atom stereocenters. The second kappa shape index (κ2) is 5.38. The van der Waals surface area contributed by atoms with E-state index in [-0.39, 0.29) is 5.92 Å². The summed E-state index contributed by atoms with van der Waals surface area (Å²) in [6, 6.07) is 0. The van der Waals surface area contributed by atoms with Crippen molar-refractivity contribution in [3.05, 3.63) is 15.6 Å². The summed E-state index contributed by atoms with van der Waals surface area (Å²) >= 11 is 1.78. The zero-order chi connectivity index (χ0) is 15.2. The fraction of sp³-hybridized carbons (Fsp3) is 0.765. The Morgan fingerprint density at radius 3 is 2.43 bits per heavy atom. The van der Waals surface area contributed by atoms with Gasteiger partial charge in [-0.1, -0.05) is 20.8 Å². The molecule has 2 aliphatic carbocycles. The first-order valence-corrected chi connectivity index (χ1v) is 8.90. The number of hydrogen-bond acceptors (Lipinski definition) is 3. The Hall–Kier alpha value is -0.900. The molecule has 0 amide bonds. The van der Waals surface area contributed by atoms with E-state index >= 15 is 0 Å². The van der Waals surface area contributed by atoms with Crippen LogP contribution in [0.4, 0.5) is 0 Å². The average Bonchev–Trinajstić information content (AvgIpc) is 2.96. The summed E-state index contributed by atoms with van der Waals surface area (Å²) in [6.45, 7) is 7.02. The van der Waals surface area contributed by atoms with Crippen LogP contribution in [0.5, 0.6) is 0 Å². The van der Waals surface area contributed by atoms with E-state index in [1.165, 1.54) is 35.6 Å². The van der Waals surface area contributed by atoms with E-state index in [4.69, 9.17) is 4.98 Å². The molecule has 1 heterocycles. The van der Waals surface area contributed by atoms with Gasteiger partial charge >= 0.3 is 5.97 Å². The van der Waals surface area contributed by atoms with Crippen LogP contribution < -0.4 is 0 Å². The van der Waals surface area contributed by atoms with Crippen LogP contribution in [0.3, 0.4) is 0 Å². The summed E-state index contributed by atoms with van der Waals surface area (Å²) in [4.78, 5) is 17.2. The van der Waals surface area contributed by atoms with Crippen molar-refractivity contribution in [1.29, 1.82) is 0 Å². The number of rotatable bonds is 2. The molecule has 1 aromatic rings. The number of hydrogen-bond donors (Lipinski definition) is 1. The van der Waals surface area contributed by atoms with Gasteiger partial charge in [-0.15, -0.1) is 11.3 Å². The molecule has 2 aliphatic rings. The number of carbonyl (C=O) groups is 1. The Kier molecular flexibility index (Phi) is 3.85. The van der Waals surface area contributed by atoms with Crippen molar-refractivity contribution in [3.8, 4) is 0 Å². The van der Waals surface area contributed by atoms with Crippen LogP contribution in [0.15, 0.2) is 0 Å². The van der Waals surface area contributed by atoms with Crippen LogP contribution >= 0.6 is 11.3 Å². The average molecular weight is 307 g/mol. The van der Waals surface area contributed by atoms with Gasteiger partial charge in [-0.2, -0.15) is 0 Å². The number of carboxylic acid groups (broad SMARTS) is 1. The van der Waals surface area contributed by atoms with Gasteiger partial charge in [-0.05, 0) is 49.9 Å². The van der Waals surface area contributed by atoms with Crippen molar-refractivity contribution in [2.75, 3.05) is 0 Å². The first-order chi connectivity index (χ1) is 9.86. The summed E-state index contributed by atoms with van der Waals surface area (Å²) in [5.41, 5.74) is 1.28. The Bertz CT molecular complexity index is 535. The highest BCUT2D eigenvalue weighted by Gasteiger charge is 2.35. The lowest BCUT2D eigenvalue weighted by molar-refractivity contribution is -0.138. The fourth-order valence-electron chi connectivity index (χ4n) is 3.87.